The Kier molecular flexibility index (Phi) is 9.24. The minimum Gasteiger partial charge on any atom is -0.454 e. The van der Waals surface area contributed by atoms with Crippen LogP contribution >= 0.6 is 0 Å². The van der Waals surface area contributed by atoms with Gasteiger partial charge >= 0.3 is 0 Å². The summed E-state index contributed by atoms with van der Waals surface area (Å²) in [6.07, 6.45) is 0. The zero-order valence-corrected chi connectivity index (χ0v) is 45.2. The van der Waals surface area contributed by atoms with Gasteiger partial charge in [-0.2, -0.15) is 0 Å². The summed E-state index contributed by atoms with van der Waals surface area (Å²) in [7, 11) is 0. The molecule has 6 heterocycles. The fourth-order valence-corrected chi connectivity index (χ4v) is 14.3. The summed E-state index contributed by atoms with van der Waals surface area (Å²) < 4.78 is 18.8. The molecule has 13 aromatic carbocycles. The van der Waals surface area contributed by atoms with Crippen molar-refractivity contribution in [1.82, 2.24) is 8.80 Å². The molecule has 0 saturated heterocycles. The summed E-state index contributed by atoms with van der Waals surface area (Å²) in [6.45, 7) is 0. The first kappa shape index (κ1) is 45.4. The SMILES string of the molecule is c1ccc(-c2ccc(N(c3cccc4c3oc3ccccc34)c3ccc4c5cc6c(cc5n5c7ccccc7c3c45)c3ccc(N(c4ccc(-c5ccccc5)cc4)c4cccc5c4oc4ccccc45)c4c5ccccc5n6c34)cc2)cc1. The monoisotopic (exact) mass is 1070 g/mol. The number of hydrogen-bond acceptors (Lipinski definition) is 4. The van der Waals surface area contributed by atoms with Crippen molar-refractivity contribution >= 4 is 154 Å². The highest BCUT2D eigenvalue weighted by atomic mass is 16.3. The highest BCUT2D eigenvalue weighted by Gasteiger charge is 2.30. The van der Waals surface area contributed by atoms with E-state index in [-0.39, 0.29) is 0 Å². The Labute approximate surface area is 480 Å². The lowest BCUT2D eigenvalue weighted by atomic mass is 10.0. The first-order valence-corrected chi connectivity index (χ1v) is 28.7. The van der Waals surface area contributed by atoms with Crippen LogP contribution in [0.2, 0.25) is 0 Å². The lowest BCUT2D eigenvalue weighted by molar-refractivity contribution is 0.669. The van der Waals surface area contributed by atoms with Crippen LogP contribution in [0.1, 0.15) is 0 Å². The van der Waals surface area contributed by atoms with Crippen molar-refractivity contribution in [3.05, 3.63) is 279 Å². The van der Waals surface area contributed by atoms with Crippen molar-refractivity contribution in [2.45, 2.75) is 0 Å². The first-order chi connectivity index (χ1) is 41.7. The molecule has 0 spiro atoms. The molecule has 0 amide bonds. The number of hydrogen-bond donors (Lipinski definition) is 0. The van der Waals surface area contributed by atoms with Crippen LogP contribution in [0.15, 0.2) is 288 Å². The number of fused-ring (bicyclic) bond motifs is 18. The number of nitrogens with zero attached hydrogens (tertiary/aromatic N) is 4. The highest BCUT2D eigenvalue weighted by Crippen LogP contribution is 2.53. The van der Waals surface area contributed by atoms with Crippen molar-refractivity contribution in [3.8, 4) is 22.3 Å². The van der Waals surface area contributed by atoms with Crippen LogP contribution in [-0.4, -0.2) is 8.80 Å². The number of furan rings is 2. The third kappa shape index (κ3) is 6.23. The van der Waals surface area contributed by atoms with E-state index in [1.807, 2.05) is 12.1 Å². The fraction of sp³-hybridized carbons (Fsp3) is 0. The van der Waals surface area contributed by atoms with E-state index in [2.05, 4.69) is 286 Å². The van der Waals surface area contributed by atoms with Gasteiger partial charge < -0.3 is 27.4 Å². The second-order valence-electron chi connectivity index (χ2n) is 22.3. The zero-order valence-electron chi connectivity index (χ0n) is 45.2. The molecule has 0 unspecified atom stereocenters. The molecule has 0 radical (unpaired) electrons. The summed E-state index contributed by atoms with van der Waals surface area (Å²) in [4.78, 5) is 4.84. The van der Waals surface area contributed by atoms with Crippen LogP contribution in [0, 0.1) is 0 Å². The van der Waals surface area contributed by atoms with Crippen LogP contribution in [0.3, 0.4) is 0 Å². The van der Waals surface area contributed by atoms with Crippen molar-refractivity contribution in [2.24, 2.45) is 0 Å². The maximum absolute atomic E-state index is 6.87. The predicted molar refractivity (Wildman–Crippen MR) is 351 cm³/mol. The fourth-order valence-electron chi connectivity index (χ4n) is 14.3. The van der Waals surface area contributed by atoms with Gasteiger partial charge in [0.2, 0.25) is 0 Å². The van der Waals surface area contributed by atoms with Gasteiger partial charge in [0.05, 0.1) is 55.8 Å². The van der Waals surface area contributed by atoms with Gasteiger partial charge in [-0.15, -0.1) is 0 Å². The van der Waals surface area contributed by atoms with Gasteiger partial charge in [-0.1, -0.05) is 194 Å². The first-order valence-electron chi connectivity index (χ1n) is 28.7. The van der Waals surface area contributed by atoms with Crippen LogP contribution in [0.5, 0.6) is 0 Å². The van der Waals surface area contributed by atoms with E-state index in [9.17, 15) is 0 Å². The van der Waals surface area contributed by atoms with Crippen molar-refractivity contribution in [3.63, 3.8) is 0 Å². The molecular weight excluding hydrogens is 1020 g/mol. The van der Waals surface area contributed by atoms with Gasteiger partial charge in [-0.25, -0.2) is 0 Å². The lowest BCUT2D eigenvalue weighted by Gasteiger charge is -2.27. The standard InChI is InChI=1S/C78H46N4O2/c1-3-17-47(18-4-1)49-33-37-51(38-34-49)79(67-29-15-25-57-53-21-9-13-31-71(53)83-77(57)67)65-43-41-55-61-45-70-62(46-69(61)81-63-27-11-7-23-59(63)73(65)75(55)81)56-42-44-66(74-60-24-8-12-28-64(60)82(70)76(56)74)80(52-39-35-50(36-40-52)48-19-5-2-6-20-48)68-30-16-26-58-54-22-10-14-32-72(54)84-78(58)68/h1-46H. The number of rotatable bonds is 8. The highest BCUT2D eigenvalue weighted by molar-refractivity contribution is 6.32. The Morgan fingerprint density at radius 2 is 0.607 bits per heavy atom. The van der Waals surface area contributed by atoms with Crippen LogP contribution in [0.4, 0.5) is 34.1 Å². The molecule has 6 aromatic heterocycles. The summed E-state index contributed by atoms with van der Waals surface area (Å²) >= 11 is 0. The van der Waals surface area contributed by atoms with E-state index in [1.54, 1.807) is 0 Å². The number of benzene rings is 13. The minimum atomic E-state index is 0.851. The smallest absolute Gasteiger partial charge is 0.159 e. The van der Waals surface area contributed by atoms with E-state index in [0.717, 1.165) is 89.1 Å². The third-order valence-electron chi connectivity index (χ3n) is 18.0. The summed E-state index contributed by atoms with van der Waals surface area (Å²) in [5, 5.41) is 14.0. The lowest BCUT2D eigenvalue weighted by Crippen LogP contribution is -2.10. The molecule has 19 rings (SSSR count). The minimum absolute atomic E-state index is 0.851. The van der Waals surface area contributed by atoms with Gasteiger partial charge in [0.25, 0.3) is 0 Å². The molecule has 0 aliphatic carbocycles. The molecule has 0 aliphatic heterocycles. The molecule has 6 heteroatoms. The van der Waals surface area contributed by atoms with Crippen LogP contribution in [0.25, 0.3) is 142 Å². The maximum atomic E-state index is 6.87. The predicted octanol–water partition coefficient (Wildman–Crippen LogP) is 22.1. The van der Waals surface area contributed by atoms with Gasteiger partial charge in [-0.3, -0.25) is 0 Å². The second-order valence-corrected chi connectivity index (χ2v) is 22.3. The zero-order chi connectivity index (χ0) is 54.7. The average molecular weight is 1070 g/mol. The maximum Gasteiger partial charge on any atom is 0.159 e. The van der Waals surface area contributed by atoms with Crippen LogP contribution < -0.4 is 9.80 Å². The Morgan fingerprint density at radius 1 is 0.238 bits per heavy atom. The summed E-state index contributed by atoms with van der Waals surface area (Å²) in [6, 6.07) is 101. The molecule has 0 fully saturated rings. The number of aromatic nitrogens is 2. The largest absolute Gasteiger partial charge is 0.454 e. The van der Waals surface area contributed by atoms with Gasteiger partial charge in [0.15, 0.2) is 11.2 Å². The second kappa shape index (κ2) is 17.1. The van der Waals surface area contributed by atoms with Gasteiger partial charge in [-0.05, 0) is 107 Å². The molecule has 390 valence electrons. The molecule has 84 heavy (non-hydrogen) atoms. The molecule has 0 atom stereocenters. The van der Waals surface area contributed by atoms with Crippen molar-refractivity contribution in [2.75, 3.05) is 9.80 Å². The third-order valence-corrected chi connectivity index (χ3v) is 18.0. The molecule has 6 nitrogen and oxygen atoms in total. The quantitative estimate of drug-likeness (QED) is 0.152. The number of anilines is 6. The molecular formula is C78H46N4O2. The molecule has 0 saturated carbocycles. The molecule has 0 N–H and O–H groups in total. The Morgan fingerprint density at radius 3 is 1.05 bits per heavy atom. The average Bonchev–Trinajstić information content (AvgIpc) is 1.64. The Hall–Kier alpha value is -11.3. The van der Waals surface area contributed by atoms with Gasteiger partial charge in [0.1, 0.15) is 11.2 Å². The van der Waals surface area contributed by atoms with Crippen molar-refractivity contribution in [1.29, 1.82) is 0 Å². The Bertz CT molecular complexity index is 5490. The molecule has 0 aliphatic rings. The molecule has 19 aromatic rings. The molecule has 0 bridgehead atoms. The summed E-state index contributed by atoms with van der Waals surface area (Å²) in [5.74, 6) is 0. The van der Waals surface area contributed by atoms with E-state index in [1.165, 1.54) is 87.3 Å². The normalized spacial score (nSPS) is 12.3. The topological polar surface area (TPSA) is 41.6 Å². The van der Waals surface area contributed by atoms with E-state index < -0.39 is 0 Å². The van der Waals surface area contributed by atoms with Crippen LogP contribution in [-0.2, 0) is 0 Å². The van der Waals surface area contributed by atoms with E-state index in [0.29, 0.717) is 0 Å². The number of para-hydroxylation sites is 6. The van der Waals surface area contributed by atoms with E-state index in [4.69, 9.17) is 8.83 Å². The van der Waals surface area contributed by atoms with E-state index >= 15 is 0 Å². The Balaban J connectivity index is 0.860. The summed E-state index contributed by atoms with van der Waals surface area (Å²) in [5.41, 5.74) is 21.4. The van der Waals surface area contributed by atoms with Gasteiger partial charge in [0, 0.05) is 76.0 Å². The van der Waals surface area contributed by atoms with Crippen molar-refractivity contribution < 1.29 is 8.83 Å².